The molecule has 38 heavy (non-hydrogen) atoms. The lowest BCUT2D eigenvalue weighted by molar-refractivity contribution is -0.118. The number of amides is 2. The third-order valence-electron chi connectivity index (χ3n) is 7.88. The Labute approximate surface area is 220 Å². The largest absolute Gasteiger partial charge is 0.484 e. The Morgan fingerprint density at radius 1 is 1.00 bits per heavy atom. The normalized spacial score (nSPS) is 25.1. The van der Waals surface area contributed by atoms with Crippen molar-refractivity contribution in [1.29, 1.82) is 0 Å². The van der Waals surface area contributed by atoms with E-state index in [9.17, 15) is 14.4 Å². The number of ether oxygens (including phenoxy) is 2. The summed E-state index contributed by atoms with van der Waals surface area (Å²) in [5.74, 6) is 1.13. The Hall–Kier alpha value is -4.17. The molecule has 0 radical (unpaired) electrons. The summed E-state index contributed by atoms with van der Waals surface area (Å²) in [6.07, 6.45) is 1.43. The maximum absolute atomic E-state index is 13.1. The van der Waals surface area contributed by atoms with E-state index < -0.39 is 12.1 Å². The number of nitrogens with one attached hydrogen (secondary N) is 2. The third kappa shape index (κ3) is 4.75. The molecule has 3 aliphatic heterocycles. The number of hydrogen-bond donors (Lipinski definition) is 2. The Kier molecular flexibility index (Phi) is 6.33. The van der Waals surface area contributed by atoms with Crippen molar-refractivity contribution in [2.75, 3.05) is 31.6 Å². The topological polar surface area (TPSA) is 97.0 Å². The van der Waals surface area contributed by atoms with Crippen LogP contribution in [0.4, 0.5) is 10.5 Å². The van der Waals surface area contributed by atoms with Crippen LogP contribution in [0.15, 0.2) is 78.9 Å². The highest BCUT2D eigenvalue weighted by molar-refractivity contribution is 5.92. The minimum absolute atomic E-state index is 0.188. The minimum Gasteiger partial charge on any atom is -0.484 e. The van der Waals surface area contributed by atoms with Gasteiger partial charge in [0, 0.05) is 36.2 Å². The van der Waals surface area contributed by atoms with Crippen LogP contribution in [-0.2, 0) is 9.53 Å². The number of anilines is 1. The van der Waals surface area contributed by atoms with Crippen LogP contribution in [0.2, 0.25) is 0 Å². The molecule has 3 aromatic carbocycles. The number of nitrogens with zero attached hydrogens (tertiary/aromatic N) is 1. The predicted octanol–water partition coefficient (Wildman–Crippen LogP) is 4.04. The van der Waals surface area contributed by atoms with Gasteiger partial charge in [-0.3, -0.25) is 14.5 Å². The zero-order valence-corrected chi connectivity index (χ0v) is 20.8. The number of alkyl carbamates (subject to hydrolysis) is 1. The average molecular weight is 512 g/mol. The van der Waals surface area contributed by atoms with E-state index in [-0.39, 0.29) is 18.1 Å². The van der Waals surface area contributed by atoms with Gasteiger partial charge in [0.15, 0.2) is 6.61 Å². The lowest BCUT2D eigenvalue weighted by Crippen LogP contribution is -2.42. The van der Waals surface area contributed by atoms with Gasteiger partial charge in [-0.1, -0.05) is 42.5 Å². The number of carbonyl (C=O) groups excluding carboxylic acids is 3. The van der Waals surface area contributed by atoms with Crippen molar-refractivity contribution in [3.63, 3.8) is 0 Å². The fourth-order valence-electron chi connectivity index (χ4n) is 6.00. The molecule has 4 bridgehead atoms. The van der Waals surface area contributed by atoms with Gasteiger partial charge in [-0.05, 0) is 60.5 Å². The molecular weight excluding hydrogens is 482 g/mol. The molecule has 2 amide bonds. The number of benzene rings is 3. The highest BCUT2D eigenvalue weighted by Crippen LogP contribution is 2.62. The third-order valence-corrected chi connectivity index (χ3v) is 7.88. The summed E-state index contributed by atoms with van der Waals surface area (Å²) >= 11 is 0. The number of carbonyl (C=O) groups is 3. The molecule has 3 unspecified atom stereocenters. The minimum atomic E-state index is -0.440. The first-order chi connectivity index (χ1) is 18.5. The van der Waals surface area contributed by atoms with Gasteiger partial charge >= 0.3 is 6.09 Å². The van der Waals surface area contributed by atoms with Gasteiger partial charge in [-0.15, -0.1) is 0 Å². The molecule has 7 rings (SSSR count). The molecule has 8 heteroatoms. The summed E-state index contributed by atoms with van der Waals surface area (Å²) in [6, 6.07) is 23.2. The highest BCUT2D eigenvalue weighted by atomic mass is 16.6. The van der Waals surface area contributed by atoms with Gasteiger partial charge in [0.2, 0.25) is 0 Å². The monoisotopic (exact) mass is 511 g/mol. The number of aldehydes is 1. The molecule has 3 aromatic rings. The molecule has 3 heterocycles. The van der Waals surface area contributed by atoms with E-state index in [0.29, 0.717) is 28.8 Å². The molecule has 5 atom stereocenters. The van der Waals surface area contributed by atoms with Crippen LogP contribution in [0.25, 0.3) is 0 Å². The molecule has 1 saturated carbocycles. The first-order valence-corrected chi connectivity index (χ1v) is 12.9. The van der Waals surface area contributed by atoms with Crippen LogP contribution in [0.5, 0.6) is 5.75 Å². The van der Waals surface area contributed by atoms with Gasteiger partial charge < -0.3 is 20.1 Å². The maximum Gasteiger partial charge on any atom is 0.408 e. The first kappa shape index (κ1) is 24.2. The summed E-state index contributed by atoms with van der Waals surface area (Å²) in [5, 5.41) is 5.83. The standard InChI is InChI=1S/C30H29N3O5/c34-17-20-9-11-23(12-10-20)31-27(35)18-37-24-8-4-7-22(15-24)28(21-5-2-1-3-6-21)32-29(36)38-30-19-33-14-13-25(30)26(30)16-33/h1-12,15,17,25-26,28H,13-14,16,18-19H2,(H,31,35)(H,32,36)/t25?,26?,28-,30+/m0/s1. The van der Waals surface area contributed by atoms with Crippen molar-refractivity contribution < 1.29 is 23.9 Å². The van der Waals surface area contributed by atoms with E-state index in [1.807, 2.05) is 48.5 Å². The van der Waals surface area contributed by atoms with Crippen LogP contribution >= 0.6 is 0 Å². The van der Waals surface area contributed by atoms with Crippen LogP contribution in [0.1, 0.15) is 33.9 Å². The van der Waals surface area contributed by atoms with Crippen molar-refractivity contribution in [2.45, 2.75) is 18.1 Å². The van der Waals surface area contributed by atoms with Crippen molar-refractivity contribution in [1.82, 2.24) is 10.2 Å². The average Bonchev–Trinajstić information content (AvgIpc) is 3.44. The van der Waals surface area contributed by atoms with Gasteiger partial charge in [0.1, 0.15) is 17.6 Å². The van der Waals surface area contributed by atoms with Crippen molar-refractivity contribution in [3.8, 4) is 5.75 Å². The predicted molar refractivity (Wildman–Crippen MR) is 141 cm³/mol. The highest BCUT2D eigenvalue weighted by Gasteiger charge is 2.74. The van der Waals surface area contributed by atoms with Crippen LogP contribution in [-0.4, -0.2) is 55.0 Å². The summed E-state index contributed by atoms with van der Waals surface area (Å²) in [7, 11) is 0. The lowest BCUT2D eigenvalue weighted by atomic mass is 9.98. The van der Waals surface area contributed by atoms with Crippen LogP contribution < -0.4 is 15.4 Å². The van der Waals surface area contributed by atoms with E-state index in [4.69, 9.17) is 9.47 Å². The summed E-state index contributed by atoms with van der Waals surface area (Å²) in [5.41, 5.74) is 2.52. The van der Waals surface area contributed by atoms with Gasteiger partial charge in [-0.25, -0.2) is 4.79 Å². The molecule has 4 fully saturated rings. The van der Waals surface area contributed by atoms with Gasteiger partial charge in [0.05, 0.1) is 6.04 Å². The molecule has 3 saturated heterocycles. The van der Waals surface area contributed by atoms with E-state index in [1.165, 1.54) is 0 Å². The Bertz CT molecular complexity index is 1340. The summed E-state index contributed by atoms with van der Waals surface area (Å²) < 4.78 is 11.8. The fourth-order valence-corrected chi connectivity index (χ4v) is 6.00. The van der Waals surface area contributed by atoms with Crippen molar-refractivity contribution in [2.24, 2.45) is 11.8 Å². The van der Waals surface area contributed by atoms with Gasteiger partial charge in [0.25, 0.3) is 5.91 Å². The zero-order chi connectivity index (χ0) is 26.1. The molecule has 194 valence electrons. The maximum atomic E-state index is 13.1. The van der Waals surface area contributed by atoms with Gasteiger partial charge in [-0.2, -0.15) is 0 Å². The van der Waals surface area contributed by atoms with Crippen molar-refractivity contribution in [3.05, 3.63) is 95.6 Å². The molecule has 4 aliphatic rings. The number of rotatable bonds is 9. The Balaban J connectivity index is 1.12. The number of hydrogen-bond acceptors (Lipinski definition) is 6. The first-order valence-electron chi connectivity index (χ1n) is 12.9. The van der Waals surface area contributed by atoms with Crippen LogP contribution in [0.3, 0.4) is 0 Å². The second kappa shape index (κ2) is 9.95. The summed E-state index contributed by atoms with van der Waals surface area (Å²) in [6.45, 7) is 2.76. The second-order valence-electron chi connectivity index (χ2n) is 10.2. The van der Waals surface area contributed by atoms with E-state index in [2.05, 4.69) is 15.5 Å². The van der Waals surface area contributed by atoms with Crippen molar-refractivity contribution >= 4 is 24.0 Å². The molecule has 8 nitrogen and oxygen atoms in total. The molecule has 2 N–H and O–H groups in total. The molecular formula is C30H29N3O5. The van der Waals surface area contributed by atoms with E-state index in [0.717, 1.165) is 43.5 Å². The molecule has 0 spiro atoms. The SMILES string of the molecule is O=Cc1ccc(NC(=O)COc2cccc([C@@H](NC(=O)O[C@]34CN5CCC3C4C5)c3ccccc3)c2)cc1. The smallest absolute Gasteiger partial charge is 0.408 e. The fraction of sp³-hybridized carbons (Fsp3) is 0.300. The lowest BCUT2D eigenvalue weighted by Gasteiger charge is -2.29. The summed E-state index contributed by atoms with van der Waals surface area (Å²) in [4.78, 5) is 38.7. The molecule has 0 aromatic heterocycles. The van der Waals surface area contributed by atoms with E-state index in [1.54, 1.807) is 30.3 Å². The Morgan fingerprint density at radius 2 is 1.79 bits per heavy atom. The zero-order valence-electron chi connectivity index (χ0n) is 20.8. The Morgan fingerprint density at radius 3 is 2.47 bits per heavy atom. The molecule has 1 aliphatic carbocycles. The van der Waals surface area contributed by atoms with E-state index >= 15 is 0 Å². The quantitative estimate of drug-likeness (QED) is 0.421. The number of fused-ring (bicyclic) bond motifs is 1. The van der Waals surface area contributed by atoms with Crippen LogP contribution in [0, 0.1) is 11.8 Å². The number of piperidine rings is 3. The second-order valence-corrected chi connectivity index (χ2v) is 10.2.